The first-order valence-electron chi connectivity index (χ1n) is 12.7. The molecule has 2 aliphatic rings. The van der Waals surface area contributed by atoms with E-state index in [1.54, 1.807) is 0 Å². The SMILES string of the molecule is CC(N(C)Cc1cc(CC(C)(C)O)c2cc(C3=NNC4C=C(c5cn[nH]c5)SC34)[nH]c2c1)C(C)(C)C. The van der Waals surface area contributed by atoms with Gasteiger partial charge in [0.15, 0.2) is 0 Å². The molecule has 0 spiro atoms. The molecule has 3 atom stereocenters. The molecule has 0 saturated heterocycles. The lowest BCUT2D eigenvalue weighted by atomic mass is 9.87. The van der Waals surface area contributed by atoms with E-state index >= 15 is 0 Å². The van der Waals surface area contributed by atoms with Crippen molar-refractivity contribution in [2.75, 3.05) is 7.05 Å². The summed E-state index contributed by atoms with van der Waals surface area (Å²) in [6.45, 7) is 13.7. The second kappa shape index (κ2) is 9.08. The number of nitrogens with one attached hydrogen (secondary N) is 3. The molecule has 3 unspecified atom stereocenters. The summed E-state index contributed by atoms with van der Waals surface area (Å²) >= 11 is 1.82. The van der Waals surface area contributed by atoms with Crippen LogP contribution in [0.4, 0.5) is 0 Å². The number of benzene rings is 1. The number of aromatic nitrogens is 3. The Balaban J connectivity index is 1.46. The van der Waals surface area contributed by atoms with Crippen molar-refractivity contribution in [3.05, 3.63) is 59.1 Å². The first kappa shape index (κ1) is 25.1. The van der Waals surface area contributed by atoms with Crippen LogP contribution in [0.3, 0.4) is 0 Å². The van der Waals surface area contributed by atoms with E-state index in [1.807, 2.05) is 38.0 Å². The maximum absolute atomic E-state index is 10.7. The molecule has 0 bridgehead atoms. The van der Waals surface area contributed by atoms with E-state index in [2.05, 4.69) is 84.5 Å². The van der Waals surface area contributed by atoms with Crippen LogP contribution in [-0.2, 0) is 13.0 Å². The van der Waals surface area contributed by atoms with Gasteiger partial charge in [-0.3, -0.25) is 10.00 Å². The molecule has 7 nitrogen and oxygen atoms in total. The van der Waals surface area contributed by atoms with Crippen molar-refractivity contribution < 1.29 is 5.11 Å². The molecule has 4 N–H and O–H groups in total. The monoisotopic (exact) mass is 506 g/mol. The number of thioether (sulfide) groups is 1. The third-order valence-electron chi connectivity index (χ3n) is 7.43. The zero-order valence-corrected chi connectivity index (χ0v) is 23.1. The third kappa shape index (κ3) is 4.99. The Bertz CT molecular complexity index is 1310. The minimum Gasteiger partial charge on any atom is -0.390 e. The van der Waals surface area contributed by atoms with E-state index < -0.39 is 5.60 Å². The van der Waals surface area contributed by atoms with Crippen molar-refractivity contribution in [1.82, 2.24) is 25.5 Å². The van der Waals surface area contributed by atoms with Gasteiger partial charge in [0, 0.05) is 46.6 Å². The van der Waals surface area contributed by atoms with Crippen molar-refractivity contribution in [2.24, 2.45) is 10.5 Å². The standard InChI is InChI=1S/C28H38N6OS/c1-16(27(2,3)4)34(7)15-17-8-18(12-28(5,6)35)20-10-22(31-21(20)9-17)25-26-23(32-33-25)11-24(36-26)19-13-29-30-14-19/h8-11,13-14,16,23,26,31-32,35H,12,15H2,1-7H3,(H,29,30). The Morgan fingerprint density at radius 3 is 2.61 bits per heavy atom. The maximum atomic E-state index is 10.7. The van der Waals surface area contributed by atoms with Gasteiger partial charge in [-0.1, -0.05) is 26.8 Å². The average molecular weight is 507 g/mol. The highest BCUT2D eigenvalue weighted by atomic mass is 32.2. The van der Waals surface area contributed by atoms with E-state index in [0.717, 1.165) is 40.0 Å². The summed E-state index contributed by atoms with van der Waals surface area (Å²) in [5, 5.41) is 23.8. The summed E-state index contributed by atoms with van der Waals surface area (Å²) in [5.41, 5.74) is 9.39. The molecule has 0 saturated carbocycles. The molecule has 0 radical (unpaired) electrons. The number of aromatic amines is 2. The van der Waals surface area contributed by atoms with Crippen molar-refractivity contribution in [3.8, 4) is 0 Å². The van der Waals surface area contributed by atoms with Crippen molar-refractivity contribution in [2.45, 2.75) is 77.4 Å². The summed E-state index contributed by atoms with van der Waals surface area (Å²) in [7, 11) is 2.19. The second-order valence-electron chi connectivity index (χ2n) is 12.1. The number of hydrazone groups is 1. The van der Waals surface area contributed by atoms with Gasteiger partial charge >= 0.3 is 0 Å². The molecule has 5 rings (SSSR count). The topological polar surface area (TPSA) is 92.3 Å². The Kier molecular flexibility index (Phi) is 6.34. The normalized spacial score (nSPS) is 21.0. The molecule has 2 aromatic heterocycles. The summed E-state index contributed by atoms with van der Waals surface area (Å²) < 4.78 is 0. The minimum absolute atomic E-state index is 0.167. The van der Waals surface area contributed by atoms with Gasteiger partial charge < -0.3 is 15.5 Å². The van der Waals surface area contributed by atoms with Crippen LogP contribution in [0.1, 0.15) is 63.9 Å². The summed E-state index contributed by atoms with van der Waals surface area (Å²) in [6.07, 6.45) is 6.62. The van der Waals surface area contributed by atoms with E-state index in [1.165, 1.54) is 10.5 Å². The molecular formula is C28H38N6OS. The molecule has 0 amide bonds. The molecule has 4 heterocycles. The highest BCUT2D eigenvalue weighted by molar-refractivity contribution is 8.09. The molecule has 192 valence electrons. The van der Waals surface area contributed by atoms with Crippen molar-refractivity contribution in [3.63, 3.8) is 0 Å². The van der Waals surface area contributed by atoms with Crippen LogP contribution in [0.25, 0.3) is 15.8 Å². The fraction of sp³-hybridized carbons (Fsp3) is 0.500. The lowest BCUT2D eigenvalue weighted by Crippen LogP contribution is -2.38. The highest BCUT2D eigenvalue weighted by Crippen LogP contribution is 2.43. The largest absolute Gasteiger partial charge is 0.390 e. The Hall–Kier alpha value is -2.55. The number of hydrogen-bond donors (Lipinski definition) is 4. The number of H-pyrrole nitrogens is 2. The minimum atomic E-state index is -0.796. The van der Waals surface area contributed by atoms with E-state index in [4.69, 9.17) is 5.10 Å². The van der Waals surface area contributed by atoms with Crippen LogP contribution in [0.15, 0.2) is 41.8 Å². The molecule has 2 aliphatic heterocycles. The van der Waals surface area contributed by atoms with Gasteiger partial charge in [0.05, 0.1) is 34.5 Å². The lowest BCUT2D eigenvalue weighted by molar-refractivity contribution is 0.0813. The predicted molar refractivity (Wildman–Crippen MR) is 150 cm³/mol. The molecule has 1 aromatic carbocycles. The second-order valence-corrected chi connectivity index (χ2v) is 13.2. The van der Waals surface area contributed by atoms with Crippen LogP contribution < -0.4 is 5.43 Å². The molecule has 0 fully saturated rings. The van der Waals surface area contributed by atoms with E-state index in [0.29, 0.717) is 12.5 Å². The average Bonchev–Trinajstić information content (AvgIpc) is 3.53. The lowest BCUT2D eigenvalue weighted by Gasteiger charge is -2.35. The van der Waals surface area contributed by atoms with Crippen LogP contribution in [0.2, 0.25) is 0 Å². The van der Waals surface area contributed by atoms with Crippen LogP contribution in [0, 0.1) is 5.41 Å². The first-order chi connectivity index (χ1) is 16.9. The molecular weight excluding hydrogens is 468 g/mol. The maximum Gasteiger partial charge on any atom is 0.0995 e. The molecule has 3 aromatic rings. The van der Waals surface area contributed by atoms with Crippen LogP contribution in [0.5, 0.6) is 0 Å². The highest BCUT2D eigenvalue weighted by Gasteiger charge is 2.38. The van der Waals surface area contributed by atoms with Gasteiger partial charge in [-0.25, -0.2) is 0 Å². The smallest absolute Gasteiger partial charge is 0.0995 e. The fourth-order valence-corrected chi connectivity index (χ4v) is 6.43. The Labute approximate surface area is 217 Å². The summed E-state index contributed by atoms with van der Waals surface area (Å²) in [4.78, 5) is 7.30. The quantitative estimate of drug-likeness (QED) is 0.366. The predicted octanol–water partition coefficient (Wildman–Crippen LogP) is 4.90. The summed E-state index contributed by atoms with van der Waals surface area (Å²) in [5.74, 6) is 0. The number of fused-ring (bicyclic) bond motifs is 2. The van der Waals surface area contributed by atoms with Gasteiger partial charge in [-0.2, -0.15) is 10.2 Å². The number of nitrogens with zero attached hydrogens (tertiary/aromatic N) is 3. The Morgan fingerprint density at radius 1 is 1.17 bits per heavy atom. The van der Waals surface area contributed by atoms with Crippen LogP contribution in [-0.4, -0.2) is 60.9 Å². The fourth-order valence-electron chi connectivity index (χ4n) is 5.11. The van der Waals surface area contributed by atoms with E-state index in [-0.39, 0.29) is 16.7 Å². The van der Waals surface area contributed by atoms with Crippen LogP contribution >= 0.6 is 11.8 Å². The van der Waals surface area contributed by atoms with Gasteiger partial charge in [0.1, 0.15) is 0 Å². The third-order valence-corrected chi connectivity index (χ3v) is 8.82. The van der Waals surface area contributed by atoms with Gasteiger partial charge in [0.25, 0.3) is 0 Å². The van der Waals surface area contributed by atoms with Gasteiger partial charge in [-0.15, -0.1) is 11.8 Å². The molecule has 0 aliphatic carbocycles. The van der Waals surface area contributed by atoms with Gasteiger partial charge in [-0.05, 0) is 62.6 Å². The number of aliphatic hydroxyl groups is 1. The molecule has 8 heteroatoms. The first-order valence-corrected chi connectivity index (χ1v) is 13.6. The zero-order valence-electron chi connectivity index (χ0n) is 22.3. The zero-order chi connectivity index (χ0) is 25.8. The summed E-state index contributed by atoms with van der Waals surface area (Å²) in [6, 6.07) is 7.33. The van der Waals surface area contributed by atoms with Crippen molar-refractivity contribution in [1.29, 1.82) is 0 Å². The Morgan fingerprint density at radius 2 is 1.94 bits per heavy atom. The number of hydrogen-bond acceptors (Lipinski definition) is 6. The molecule has 36 heavy (non-hydrogen) atoms. The van der Waals surface area contributed by atoms with Crippen molar-refractivity contribution >= 4 is 33.3 Å². The van der Waals surface area contributed by atoms with Gasteiger partial charge in [0.2, 0.25) is 0 Å². The van der Waals surface area contributed by atoms with E-state index in [9.17, 15) is 5.11 Å². The number of rotatable bonds is 7.